The average Bonchev–Trinajstić information content (AvgIpc) is 3.16. The fourth-order valence-electron chi connectivity index (χ4n) is 5.58. The molecule has 2 aliphatic rings. The summed E-state index contributed by atoms with van der Waals surface area (Å²) >= 11 is 16.5. The third-order valence-electron chi connectivity index (χ3n) is 8.19. The number of pyridine rings is 1. The standard InChI is InChI=1S/C38H31Cl2N3O6S3.BrH/c1-23(37(46)47)19-42-16-14-28(15-17-42)50-20-26-21-52-36-32(41-31(44)22-51-30-18-27(39)12-13-29(30)40)35(45)43(36)33(26)38(48)49-34(24-8-4-2-5-9-24)25-10-6-3-7-11-25;/h2-18,32,34,36H,1,19-22H2,(H-,41,44,46,47);1H/t32-,36-;/m1./s1. The van der Waals surface area contributed by atoms with Crippen LogP contribution < -0.4 is 26.9 Å². The molecule has 274 valence electrons. The van der Waals surface area contributed by atoms with Gasteiger partial charge in [-0.3, -0.25) is 14.5 Å². The molecular formula is C38H32BrCl2N3O6S3. The van der Waals surface area contributed by atoms with Crippen molar-refractivity contribution >= 4 is 82.2 Å². The Morgan fingerprint density at radius 1 is 0.981 bits per heavy atom. The summed E-state index contributed by atoms with van der Waals surface area (Å²) < 4.78 is 7.97. The first-order valence-electron chi connectivity index (χ1n) is 16.0. The van der Waals surface area contributed by atoms with E-state index < -0.39 is 35.4 Å². The first-order valence-corrected chi connectivity index (χ1v) is 19.7. The number of carbonyl (C=O) groups is 4. The molecule has 0 unspecified atom stereocenters. The largest absolute Gasteiger partial charge is 1.00 e. The number of hydrogen-bond acceptors (Lipinski definition) is 8. The molecule has 3 aromatic carbocycles. The maximum absolute atomic E-state index is 14.3. The monoisotopic (exact) mass is 871 g/mol. The van der Waals surface area contributed by atoms with Gasteiger partial charge in [-0.25, -0.2) is 14.2 Å². The van der Waals surface area contributed by atoms with Crippen LogP contribution in [0.15, 0.2) is 137 Å². The summed E-state index contributed by atoms with van der Waals surface area (Å²) in [5.74, 6) is -1.62. The SMILES string of the molecule is C=C(C[n+]1ccc(SCC2=C(C(=O)OC(c3ccccc3)c3ccccc3)N3C(=O)[C@@H](NC(=O)CSc4cc(Cl)ccc4Cl)[C@H]3SC2)cc1)C(=O)O.[Br-]. The Hall–Kier alpha value is -3.72. The van der Waals surface area contributed by atoms with Gasteiger partial charge in [0.15, 0.2) is 25.0 Å². The number of nitrogens with zero attached hydrogens (tertiary/aromatic N) is 2. The Morgan fingerprint density at radius 3 is 2.25 bits per heavy atom. The van der Waals surface area contributed by atoms with Crippen LogP contribution >= 0.6 is 58.5 Å². The Bertz CT molecular complexity index is 2000. The second-order valence-corrected chi connectivity index (χ2v) is 15.8. The van der Waals surface area contributed by atoms with Gasteiger partial charge in [-0.15, -0.1) is 35.3 Å². The van der Waals surface area contributed by atoms with Gasteiger partial charge in [-0.1, -0.05) is 90.4 Å². The number of nitrogens with one attached hydrogen (secondary N) is 1. The highest BCUT2D eigenvalue weighted by molar-refractivity contribution is 8.01. The fourth-order valence-corrected chi connectivity index (χ4v) is 9.25. The highest BCUT2D eigenvalue weighted by atomic mass is 79.9. The number of amides is 2. The van der Waals surface area contributed by atoms with Gasteiger partial charge in [-0.05, 0) is 34.9 Å². The molecule has 4 aromatic rings. The number of β-lactam (4-membered cyclic amide) rings is 1. The number of carboxylic acids is 1. The van der Waals surface area contributed by atoms with Gasteiger partial charge >= 0.3 is 11.9 Å². The van der Waals surface area contributed by atoms with Crippen molar-refractivity contribution in [1.29, 1.82) is 0 Å². The zero-order chi connectivity index (χ0) is 36.8. The zero-order valence-electron chi connectivity index (χ0n) is 27.8. The molecule has 2 amide bonds. The van der Waals surface area contributed by atoms with Crippen molar-refractivity contribution in [2.45, 2.75) is 33.9 Å². The van der Waals surface area contributed by atoms with Gasteiger partial charge in [0.2, 0.25) is 5.91 Å². The molecule has 1 aromatic heterocycles. The molecule has 0 aliphatic carbocycles. The topological polar surface area (TPSA) is 117 Å². The smallest absolute Gasteiger partial charge is 0.356 e. The van der Waals surface area contributed by atoms with E-state index in [-0.39, 0.29) is 46.5 Å². The van der Waals surface area contributed by atoms with Crippen molar-refractivity contribution in [3.63, 3.8) is 0 Å². The summed E-state index contributed by atoms with van der Waals surface area (Å²) in [5, 5.41) is 12.5. The van der Waals surface area contributed by atoms with E-state index >= 15 is 0 Å². The van der Waals surface area contributed by atoms with Crippen LogP contribution in [0.1, 0.15) is 17.2 Å². The van der Waals surface area contributed by atoms with Gasteiger partial charge in [0.1, 0.15) is 17.1 Å². The molecule has 9 nitrogen and oxygen atoms in total. The molecule has 0 spiro atoms. The minimum atomic E-state index is -1.06. The maximum atomic E-state index is 14.3. The van der Waals surface area contributed by atoms with Crippen LogP contribution in [0.5, 0.6) is 0 Å². The predicted molar refractivity (Wildman–Crippen MR) is 204 cm³/mol. The Morgan fingerprint density at radius 2 is 1.62 bits per heavy atom. The molecule has 15 heteroatoms. The van der Waals surface area contributed by atoms with Crippen molar-refractivity contribution < 1.29 is 50.6 Å². The molecule has 2 aliphatic heterocycles. The van der Waals surface area contributed by atoms with Crippen molar-refractivity contribution in [2.24, 2.45) is 0 Å². The summed E-state index contributed by atoms with van der Waals surface area (Å²) in [4.78, 5) is 55.3. The van der Waals surface area contributed by atoms with Gasteiger partial charge in [0.05, 0.1) is 16.3 Å². The summed E-state index contributed by atoms with van der Waals surface area (Å²) in [5.41, 5.74) is 2.51. The van der Waals surface area contributed by atoms with Gasteiger partial charge in [0, 0.05) is 38.5 Å². The summed E-state index contributed by atoms with van der Waals surface area (Å²) in [6.07, 6.45) is 2.80. The maximum Gasteiger partial charge on any atom is 0.356 e. The quantitative estimate of drug-likeness (QED) is 0.0643. The average molecular weight is 874 g/mol. The number of rotatable bonds is 14. The molecule has 0 radical (unpaired) electrons. The van der Waals surface area contributed by atoms with Crippen molar-refractivity contribution in [1.82, 2.24) is 10.2 Å². The molecule has 2 atom stereocenters. The lowest BCUT2D eigenvalue weighted by molar-refractivity contribution is -0.688. The minimum absolute atomic E-state index is 0. The van der Waals surface area contributed by atoms with Gasteiger partial charge < -0.3 is 32.1 Å². The van der Waals surface area contributed by atoms with Crippen LogP contribution in [0.2, 0.25) is 10.0 Å². The van der Waals surface area contributed by atoms with Crippen molar-refractivity contribution in [3.05, 3.63) is 148 Å². The second kappa shape index (κ2) is 18.5. The molecule has 1 saturated heterocycles. The summed E-state index contributed by atoms with van der Waals surface area (Å²) in [7, 11) is 0. The van der Waals surface area contributed by atoms with E-state index in [0.717, 1.165) is 21.6 Å². The van der Waals surface area contributed by atoms with E-state index in [2.05, 4.69) is 11.9 Å². The number of esters is 1. The molecule has 0 saturated carbocycles. The number of carbonyl (C=O) groups excluding carboxylic acids is 3. The van der Waals surface area contributed by atoms with Gasteiger partial charge in [-0.2, -0.15) is 0 Å². The van der Waals surface area contributed by atoms with Crippen LogP contribution in [0.4, 0.5) is 0 Å². The van der Waals surface area contributed by atoms with Crippen LogP contribution in [-0.2, 0) is 30.5 Å². The van der Waals surface area contributed by atoms with Gasteiger partial charge in [0.25, 0.3) is 5.91 Å². The molecule has 6 rings (SSSR count). The lowest BCUT2D eigenvalue weighted by Gasteiger charge is -2.49. The summed E-state index contributed by atoms with van der Waals surface area (Å²) in [6, 6.07) is 26.7. The zero-order valence-corrected chi connectivity index (χ0v) is 33.4. The van der Waals surface area contributed by atoms with E-state index in [1.54, 1.807) is 35.2 Å². The third kappa shape index (κ3) is 9.88. The normalized spacial score (nSPS) is 16.3. The molecule has 1 fully saturated rings. The Labute approximate surface area is 339 Å². The molecule has 3 heterocycles. The highest BCUT2D eigenvalue weighted by Crippen LogP contribution is 2.43. The van der Waals surface area contributed by atoms with E-state index in [0.29, 0.717) is 26.4 Å². The first kappa shape index (κ1) is 40.5. The number of aliphatic carboxylic acids is 1. The number of thioether (sulfide) groups is 3. The number of benzene rings is 3. The second-order valence-electron chi connectivity index (χ2n) is 11.8. The van der Waals surface area contributed by atoms with E-state index in [4.69, 9.17) is 33.0 Å². The van der Waals surface area contributed by atoms with E-state index in [9.17, 15) is 19.2 Å². The number of halogens is 3. The Kier molecular flexibility index (Phi) is 14.2. The highest BCUT2D eigenvalue weighted by Gasteiger charge is 2.54. The lowest BCUT2D eigenvalue weighted by Crippen LogP contribution is -3.00. The van der Waals surface area contributed by atoms with Crippen molar-refractivity contribution in [2.75, 3.05) is 17.3 Å². The number of aromatic nitrogens is 1. The minimum Gasteiger partial charge on any atom is -1.00 e. The van der Waals surface area contributed by atoms with E-state index in [1.165, 1.54) is 40.2 Å². The fraction of sp³-hybridized carbons (Fsp3) is 0.184. The number of fused-ring (bicyclic) bond motifs is 1. The van der Waals surface area contributed by atoms with Crippen LogP contribution in [0.3, 0.4) is 0 Å². The van der Waals surface area contributed by atoms with Crippen LogP contribution in [0, 0.1) is 0 Å². The number of ether oxygens (including phenoxy) is 1. The molecule has 0 bridgehead atoms. The van der Waals surface area contributed by atoms with Crippen LogP contribution in [-0.4, -0.2) is 62.4 Å². The third-order valence-corrected chi connectivity index (χ3v) is 12.4. The Balaban J connectivity index is 0.00000541. The molecular weight excluding hydrogens is 841 g/mol. The number of hydrogen-bond donors (Lipinski definition) is 2. The first-order chi connectivity index (χ1) is 25.1. The van der Waals surface area contributed by atoms with Crippen LogP contribution in [0.25, 0.3) is 0 Å². The predicted octanol–water partition coefficient (Wildman–Crippen LogP) is 3.80. The summed E-state index contributed by atoms with van der Waals surface area (Å²) in [6.45, 7) is 3.73. The van der Waals surface area contributed by atoms with Crippen molar-refractivity contribution in [3.8, 4) is 0 Å². The number of carboxylic acid groups (broad SMARTS) is 1. The molecule has 2 N–H and O–H groups in total. The lowest BCUT2D eigenvalue weighted by atomic mass is 10.0. The van der Waals surface area contributed by atoms with E-state index in [1.807, 2.05) is 72.8 Å². The molecule has 53 heavy (non-hydrogen) atoms.